The van der Waals surface area contributed by atoms with Crippen LogP contribution in [0.15, 0.2) is 18.2 Å². The number of piperazine rings is 1. The number of nitro groups is 1. The van der Waals surface area contributed by atoms with Crippen molar-refractivity contribution in [1.29, 1.82) is 0 Å². The summed E-state index contributed by atoms with van der Waals surface area (Å²) in [6.45, 7) is 3.14. The molecule has 0 aromatic heterocycles. The van der Waals surface area contributed by atoms with Crippen molar-refractivity contribution < 1.29 is 19.6 Å². The number of nitro benzene ring substituents is 1. The highest BCUT2D eigenvalue weighted by atomic mass is 16.6. The second-order valence-corrected chi connectivity index (χ2v) is 5.00. The fraction of sp³-hybridized carbons (Fsp3) is 0.500. The normalized spacial score (nSPS) is 15.6. The summed E-state index contributed by atoms with van der Waals surface area (Å²) in [5, 5.41) is 19.9. The largest absolute Gasteiger partial charge is 0.490 e. The minimum absolute atomic E-state index is 0.0959. The standard InChI is InChI=1S/C14H19N3O5/c1-22-13-3-2-11(10-12(13)17(20)21)14(19)16-6-4-15(5-7-16)8-9-18/h2-3,10,18H,4-9H2,1H3. The lowest BCUT2D eigenvalue weighted by Gasteiger charge is -2.34. The van der Waals surface area contributed by atoms with Crippen molar-refractivity contribution in [2.24, 2.45) is 0 Å². The number of ether oxygens (including phenoxy) is 1. The van der Waals surface area contributed by atoms with Gasteiger partial charge in [-0.1, -0.05) is 0 Å². The molecular formula is C14H19N3O5. The summed E-state index contributed by atoms with van der Waals surface area (Å²) in [5.74, 6) is -0.0938. The molecule has 0 spiro atoms. The van der Waals surface area contributed by atoms with E-state index in [1.54, 1.807) is 4.90 Å². The van der Waals surface area contributed by atoms with Crippen molar-refractivity contribution in [3.05, 3.63) is 33.9 Å². The maximum atomic E-state index is 12.4. The summed E-state index contributed by atoms with van der Waals surface area (Å²) in [4.78, 5) is 26.6. The molecule has 1 aromatic carbocycles. The summed E-state index contributed by atoms with van der Waals surface area (Å²) in [7, 11) is 1.35. The molecule has 0 atom stereocenters. The number of methoxy groups -OCH3 is 1. The van der Waals surface area contributed by atoms with Gasteiger partial charge in [-0.15, -0.1) is 0 Å². The molecule has 1 aliphatic rings. The monoisotopic (exact) mass is 309 g/mol. The van der Waals surface area contributed by atoms with E-state index in [1.807, 2.05) is 0 Å². The molecule has 1 N–H and O–H groups in total. The summed E-state index contributed by atoms with van der Waals surface area (Å²) in [5.41, 5.74) is 0.0652. The van der Waals surface area contributed by atoms with E-state index in [1.165, 1.54) is 25.3 Å². The molecule has 0 saturated carbocycles. The Hall–Kier alpha value is -2.19. The Kier molecular flexibility index (Phi) is 5.29. The number of hydrogen-bond donors (Lipinski definition) is 1. The minimum atomic E-state index is -0.561. The molecule has 0 bridgehead atoms. The molecule has 0 aliphatic carbocycles. The van der Waals surface area contributed by atoms with E-state index in [0.29, 0.717) is 32.7 Å². The van der Waals surface area contributed by atoms with Crippen LogP contribution >= 0.6 is 0 Å². The number of benzene rings is 1. The zero-order valence-electron chi connectivity index (χ0n) is 12.4. The van der Waals surface area contributed by atoms with Gasteiger partial charge in [-0.05, 0) is 12.1 Å². The topological polar surface area (TPSA) is 96.2 Å². The van der Waals surface area contributed by atoms with Gasteiger partial charge in [0, 0.05) is 44.4 Å². The third kappa shape index (κ3) is 3.52. The second kappa shape index (κ2) is 7.19. The van der Waals surface area contributed by atoms with Crippen LogP contribution in [0.4, 0.5) is 5.69 Å². The number of rotatable bonds is 5. The molecule has 1 aliphatic heterocycles. The molecule has 1 heterocycles. The molecule has 8 nitrogen and oxygen atoms in total. The molecule has 120 valence electrons. The number of aliphatic hydroxyl groups is 1. The fourth-order valence-corrected chi connectivity index (χ4v) is 2.46. The van der Waals surface area contributed by atoms with Crippen molar-refractivity contribution in [1.82, 2.24) is 9.80 Å². The molecule has 8 heteroatoms. The van der Waals surface area contributed by atoms with Crippen LogP contribution in [-0.2, 0) is 0 Å². The third-order valence-corrected chi connectivity index (χ3v) is 3.70. The quantitative estimate of drug-likeness (QED) is 0.623. The second-order valence-electron chi connectivity index (χ2n) is 5.00. The first-order valence-electron chi connectivity index (χ1n) is 7.01. The average molecular weight is 309 g/mol. The number of hydrogen-bond acceptors (Lipinski definition) is 6. The Morgan fingerprint density at radius 1 is 1.36 bits per heavy atom. The van der Waals surface area contributed by atoms with Gasteiger partial charge in [0.1, 0.15) is 0 Å². The molecule has 2 rings (SSSR count). The summed E-state index contributed by atoms with van der Waals surface area (Å²) in [6.07, 6.45) is 0. The van der Waals surface area contributed by atoms with Crippen molar-refractivity contribution in [3.8, 4) is 5.75 Å². The van der Waals surface area contributed by atoms with Crippen LogP contribution in [0.1, 0.15) is 10.4 Å². The van der Waals surface area contributed by atoms with Crippen molar-refractivity contribution in [3.63, 3.8) is 0 Å². The molecule has 22 heavy (non-hydrogen) atoms. The van der Waals surface area contributed by atoms with Gasteiger partial charge in [0.2, 0.25) is 0 Å². The van der Waals surface area contributed by atoms with Crippen LogP contribution in [0.25, 0.3) is 0 Å². The number of carbonyl (C=O) groups is 1. The first-order chi connectivity index (χ1) is 10.6. The average Bonchev–Trinajstić information content (AvgIpc) is 2.54. The number of carbonyl (C=O) groups excluding carboxylic acids is 1. The fourth-order valence-electron chi connectivity index (χ4n) is 2.46. The smallest absolute Gasteiger partial charge is 0.311 e. The molecule has 0 radical (unpaired) electrons. The lowest BCUT2D eigenvalue weighted by atomic mass is 10.1. The lowest BCUT2D eigenvalue weighted by Crippen LogP contribution is -2.49. The van der Waals surface area contributed by atoms with Crippen molar-refractivity contribution in [2.45, 2.75) is 0 Å². The van der Waals surface area contributed by atoms with Crippen molar-refractivity contribution >= 4 is 11.6 Å². The van der Waals surface area contributed by atoms with Gasteiger partial charge in [-0.3, -0.25) is 19.8 Å². The molecule has 1 saturated heterocycles. The maximum Gasteiger partial charge on any atom is 0.311 e. The van der Waals surface area contributed by atoms with Crippen LogP contribution < -0.4 is 4.74 Å². The predicted molar refractivity (Wildman–Crippen MR) is 79.1 cm³/mol. The Morgan fingerprint density at radius 3 is 2.59 bits per heavy atom. The molecule has 1 fully saturated rings. The van der Waals surface area contributed by atoms with E-state index in [0.717, 1.165) is 0 Å². The molecule has 0 unspecified atom stereocenters. The highest BCUT2D eigenvalue weighted by molar-refractivity contribution is 5.95. The van der Waals surface area contributed by atoms with Crippen LogP contribution in [0.5, 0.6) is 5.75 Å². The first-order valence-corrected chi connectivity index (χ1v) is 7.01. The Morgan fingerprint density at radius 2 is 2.05 bits per heavy atom. The van der Waals surface area contributed by atoms with Crippen LogP contribution in [0.2, 0.25) is 0 Å². The first kappa shape index (κ1) is 16.2. The highest BCUT2D eigenvalue weighted by Gasteiger charge is 2.24. The van der Waals surface area contributed by atoms with E-state index in [4.69, 9.17) is 9.84 Å². The van der Waals surface area contributed by atoms with Gasteiger partial charge in [0.25, 0.3) is 5.91 Å². The van der Waals surface area contributed by atoms with Crippen LogP contribution in [-0.4, -0.2) is 72.2 Å². The van der Waals surface area contributed by atoms with Gasteiger partial charge < -0.3 is 14.7 Å². The van der Waals surface area contributed by atoms with Gasteiger partial charge in [-0.25, -0.2) is 0 Å². The zero-order valence-corrected chi connectivity index (χ0v) is 12.4. The zero-order chi connectivity index (χ0) is 16.1. The lowest BCUT2D eigenvalue weighted by molar-refractivity contribution is -0.385. The molecular weight excluding hydrogens is 290 g/mol. The maximum absolute atomic E-state index is 12.4. The van der Waals surface area contributed by atoms with E-state index in [2.05, 4.69) is 4.90 Å². The highest BCUT2D eigenvalue weighted by Crippen LogP contribution is 2.28. The van der Waals surface area contributed by atoms with E-state index < -0.39 is 4.92 Å². The Balaban J connectivity index is 2.10. The van der Waals surface area contributed by atoms with E-state index in [-0.39, 0.29) is 29.5 Å². The summed E-state index contributed by atoms with van der Waals surface area (Å²) < 4.78 is 4.93. The Labute approximate surface area is 128 Å². The van der Waals surface area contributed by atoms with Gasteiger partial charge in [0.15, 0.2) is 5.75 Å². The third-order valence-electron chi connectivity index (χ3n) is 3.70. The number of amides is 1. The number of aliphatic hydroxyl groups excluding tert-OH is 1. The number of nitrogens with zero attached hydrogens (tertiary/aromatic N) is 3. The van der Waals surface area contributed by atoms with Crippen LogP contribution in [0.3, 0.4) is 0 Å². The molecule has 1 amide bonds. The van der Waals surface area contributed by atoms with Gasteiger partial charge >= 0.3 is 5.69 Å². The number of β-amino-alcohol motifs (C(OH)–C–C–N with tert-alkyl or cyclic N) is 1. The minimum Gasteiger partial charge on any atom is -0.490 e. The summed E-state index contributed by atoms with van der Waals surface area (Å²) in [6, 6.07) is 4.23. The van der Waals surface area contributed by atoms with Gasteiger partial charge in [0.05, 0.1) is 18.6 Å². The summed E-state index contributed by atoms with van der Waals surface area (Å²) >= 11 is 0. The van der Waals surface area contributed by atoms with Gasteiger partial charge in [-0.2, -0.15) is 0 Å². The van der Waals surface area contributed by atoms with E-state index in [9.17, 15) is 14.9 Å². The van der Waals surface area contributed by atoms with Crippen molar-refractivity contribution in [2.75, 3.05) is 46.4 Å². The predicted octanol–water partition coefficient (Wildman–Crippen LogP) is 0.353. The molecule has 1 aromatic rings. The SMILES string of the molecule is COc1ccc(C(=O)N2CCN(CCO)CC2)cc1[N+](=O)[O-]. The van der Waals surface area contributed by atoms with Crippen LogP contribution in [0, 0.1) is 10.1 Å². The van der Waals surface area contributed by atoms with E-state index >= 15 is 0 Å². The Bertz CT molecular complexity index is 555.